The van der Waals surface area contributed by atoms with Crippen LogP contribution >= 0.6 is 0 Å². The Labute approximate surface area is 72.9 Å². The van der Waals surface area contributed by atoms with Crippen molar-refractivity contribution in [1.29, 1.82) is 0 Å². The second-order valence-electron chi connectivity index (χ2n) is 1.04. The van der Waals surface area contributed by atoms with E-state index in [0.29, 0.717) is 0 Å². The van der Waals surface area contributed by atoms with Crippen molar-refractivity contribution >= 4 is 5.97 Å². The first-order valence-electron chi connectivity index (χ1n) is 1.70. The number of rotatable bonds is 2. The van der Waals surface area contributed by atoms with E-state index in [1.807, 2.05) is 0 Å². The SMILES string of the molecule is O=C(O)C(O)CO.[Co].[Fe]. The molecule has 0 aliphatic rings. The summed E-state index contributed by atoms with van der Waals surface area (Å²) >= 11 is 0. The van der Waals surface area contributed by atoms with Gasteiger partial charge in [-0.3, -0.25) is 0 Å². The van der Waals surface area contributed by atoms with Crippen molar-refractivity contribution in [3.05, 3.63) is 0 Å². The molecule has 0 aromatic rings. The molecular formula is C3H6CoFeO4. The van der Waals surface area contributed by atoms with E-state index < -0.39 is 18.7 Å². The summed E-state index contributed by atoms with van der Waals surface area (Å²) in [5.74, 6) is -1.40. The van der Waals surface area contributed by atoms with Crippen molar-refractivity contribution in [2.75, 3.05) is 6.61 Å². The molecule has 3 N–H and O–H groups in total. The van der Waals surface area contributed by atoms with E-state index in [-0.39, 0.29) is 33.8 Å². The molecule has 0 fully saturated rings. The molecule has 0 aliphatic heterocycles. The summed E-state index contributed by atoms with van der Waals surface area (Å²) in [5, 5.41) is 23.7. The minimum absolute atomic E-state index is 0. The Balaban J connectivity index is -0.000000180. The van der Waals surface area contributed by atoms with Crippen molar-refractivity contribution in [1.82, 2.24) is 0 Å². The van der Waals surface area contributed by atoms with Gasteiger partial charge in [-0.1, -0.05) is 0 Å². The molecule has 1 unspecified atom stereocenters. The molecule has 0 rings (SSSR count). The van der Waals surface area contributed by atoms with Gasteiger partial charge in [0.05, 0.1) is 6.61 Å². The first-order valence-corrected chi connectivity index (χ1v) is 1.70. The normalized spacial score (nSPS) is 10.4. The summed E-state index contributed by atoms with van der Waals surface area (Å²) < 4.78 is 0. The Hall–Kier alpha value is 0.416. The van der Waals surface area contributed by atoms with Gasteiger partial charge in [-0.2, -0.15) is 0 Å². The van der Waals surface area contributed by atoms with Crippen LogP contribution in [0.5, 0.6) is 0 Å². The molecule has 0 heterocycles. The molecule has 1 radical (unpaired) electrons. The van der Waals surface area contributed by atoms with E-state index in [4.69, 9.17) is 15.3 Å². The van der Waals surface area contributed by atoms with Crippen LogP contribution in [0.3, 0.4) is 0 Å². The first kappa shape index (κ1) is 16.2. The van der Waals surface area contributed by atoms with Gasteiger partial charge in [-0.25, -0.2) is 4.79 Å². The van der Waals surface area contributed by atoms with Crippen LogP contribution in [0, 0.1) is 0 Å². The fraction of sp³-hybridized carbons (Fsp3) is 0.667. The molecule has 0 aromatic heterocycles. The summed E-state index contributed by atoms with van der Waals surface area (Å²) in [7, 11) is 0. The Kier molecular flexibility index (Phi) is 15.1. The minimum atomic E-state index is -1.63. The van der Waals surface area contributed by atoms with E-state index in [9.17, 15) is 4.79 Å². The van der Waals surface area contributed by atoms with Crippen LogP contribution in [0.4, 0.5) is 0 Å². The Morgan fingerprint density at radius 2 is 1.89 bits per heavy atom. The number of carboxylic acids is 1. The molecule has 0 bridgehead atoms. The third kappa shape index (κ3) is 8.42. The van der Waals surface area contributed by atoms with Gasteiger partial charge in [0.25, 0.3) is 0 Å². The Bertz CT molecular complexity index is 78.2. The maximum atomic E-state index is 9.52. The minimum Gasteiger partial charge on any atom is -0.479 e. The van der Waals surface area contributed by atoms with E-state index in [2.05, 4.69) is 0 Å². The molecule has 4 nitrogen and oxygen atoms in total. The molecular weight excluding hydrogens is 215 g/mol. The number of carbonyl (C=O) groups is 1. The topological polar surface area (TPSA) is 77.8 Å². The molecule has 59 valence electrons. The second-order valence-corrected chi connectivity index (χ2v) is 1.04. The summed E-state index contributed by atoms with van der Waals surface area (Å²) in [6.07, 6.45) is -1.63. The number of aliphatic carboxylic acids is 1. The third-order valence-electron chi connectivity index (χ3n) is 0.458. The van der Waals surface area contributed by atoms with Gasteiger partial charge in [-0.05, 0) is 0 Å². The van der Waals surface area contributed by atoms with E-state index in [0.717, 1.165) is 0 Å². The summed E-state index contributed by atoms with van der Waals surface area (Å²) in [4.78, 5) is 9.52. The first-order chi connectivity index (χ1) is 3.18. The zero-order valence-corrected chi connectivity index (χ0v) is 6.37. The van der Waals surface area contributed by atoms with Gasteiger partial charge < -0.3 is 15.3 Å². The molecule has 0 aromatic carbocycles. The van der Waals surface area contributed by atoms with Gasteiger partial charge in [0.15, 0.2) is 6.10 Å². The summed E-state index contributed by atoms with van der Waals surface area (Å²) in [5.41, 5.74) is 0. The number of hydrogen-bond donors (Lipinski definition) is 3. The largest absolute Gasteiger partial charge is 0.479 e. The fourth-order valence-electron chi connectivity index (χ4n) is 0.0781. The van der Waals surface area contributed by atoms with Gasteiger partial charge in [0.1, 0.15) is 0 Å². The quantitative estimate of drug-likeness (QED) is 0.491. The maximum absolute atomic E-state index is 9.52. The Morgan fingerprint density at radius 3 is 1.89 bits per heavy atom. The fourth-order valence-corrected chi connectivity index (χ4v) is 0.0781. The van der Waals surface area contributed by atoms with Crippen LogP contribution in [0.25, 0.3) is 0 Å². The maximum Gasteiger partial charge on any atom is 0.334 e. The third-order valence-corrected chi connectivity index (χ3v) is 0.458. The number of aliphatic hydroxyl groups is 2. The molecule has 0 spiro atoms. The second kappa shape index (κ2) is 8.42. The predicted octanol–water partition coefficient (Wildman–Crippen LogP) is -1.58. The average Bonchev–Trinajstić information content (AvgIpc) is 1.65. The molecule has 0 amide bonds. The zero-order chi connectivity index (χ0) is 5.86. The van der Waals surface area contributed by atoms with E-state index >= 15 is 0 Å². The predicted molar refractivity (Wildman–Crippen MR) is 20.7 cm³/mol. The van der Waals surface area contributed by atoms with Crippen LogP contribution in [0.15, 0.2) is 0 Å². The molecule has 0 aliphatic carbocycles. The van der Waals surface area contributed by atoms with Crippen molar-refractivity contribution in [3.63, 3.8) is 0 Å². The Morgan fingerprint density at radius 1 is 1.56 bits per heavy atom. The van der Waals surface area contributed by atoms with Crippen molar-refractivity contribution in [2.24, 2.45) is 0 Å². The van der Waals surface area contributed by atoms with Gasteiger partial charge in [0, 0.05) is 33.8 Å². The average molecular weight is 221 g/mol. The molecule has 0 saturated carbocycles. The molecule has 0 saturated heterocycles. The van der Waals surface area contributed by atoms with E-state index in [1.54, 1.807) is 0 Å². The van der Waals surface area contributed by atoms with Crippen LogP contribution in [0.2, 0.25) is 0 Å². The van der Waals surface area contributed by atoms with E-state index in [1.165, 1.54) is 0 Å². The van der Waals surface area contributed by atoms with Crippen LogP contribution in [-0.2, 0) is 38.6 Å². The number of carboxylic acid groups (broad SMARTS) is 1. The van der Waals surface area contributed by atoms with Gasteiger partial charge >= 0.3 is 5.97 Å². The standard InChI is InChI=1S/C3H6O4.Co.Fe/c4-1-2(5)3(6)7;;/h2,4-5H,1H2,(H,6,7);;. The number of aliphatic hydroxyl groups excluding tert-OH is 2. The molecule has 1 atom stereocenters. The smallest absolute Gasteiger partial charge is 0.334 e. The zero-order valence-electron chi connectivity index (χ0n) is 4.22. The monoisotopic (exact) mass is 221 g/mol. The molecule has 6 heteroatoms. The van der Waals surface area contributed by atoms with Crippen LogP contribution in [-0.4, -0.2) is 34.0 Å². The van der Waals surface area contributed by atoms with Crippen LogP contribution in [0.1, 0.15) is 0 Å². The van der Waals surface area contributed by atoms with Crippen molar-refractivity contribution in [3.8, 4) is 0 Å². The molecule has 9 heavy (non-hydrogen) atoms. The van der Waals surface area contributed by atoms with Gasteiger partial charge in [0.2, 0.25) is 0 Å². The summed E-state index contributed by atoms with van der Waals surface area (Å²) in [6.45, 7) is -0.727. The van der Waals surface area contributed by atoms with Crippen LogP contribution < -0.4 is 0 Å². The van der Waals surface area contributed by atoms with Gasteiger partial charge in [-0.15, -0.1) is 0 Å². The number of hydrogen-bond acceptors (Lipinski definition) is 3. The van der Waals surface area contributed by atoms with Crippen molar-refractivity contribution in [2.45, 2.75) is 6.10 Å². The van der Waals surface area contributed by atoms with Crippen molar-refractivity contribution < 1.29 is 54.0 Å². The summed E-state index contributed by atoms with van der Waals surface area (Å²) in [6, 6.07) is 0.